The van der Waals surface area contributed by atoms with Crippen molar-refractivity contribution < 1.29 is 32.4 Å². The number of alkyl halides is 1. The molecule has 0 amide bonds. The van der Waals surface area contributed by atoms with Crippen LogP contribution >= 0.6 is 8.53 Å². The molecule has 5 atom stereocenters. The zero-order valence-corrected chi connectivity index (χ0v) is 32.6. The highest BCUT2D eigenvalue weighted by atomic mass is 31.2. The van der Waals surface area contributed by atoms with Gasteiger partial charge in [0.05, 0.1) is 52.6 Å². The van der Waals surface area contributed by atoms with Crippen LogP contribution in [0.1, 0.15) is 57.0 Å². The summed E-state index contributed by atoms with van der Waals surface area (Å²) >= 11 is 0. The number of ether oxygens (including phenoxy) is 4. The van der Waals surface area contributed by atoms with Gasteiger partial charge in [-0.15, -0.1) is 0 Å². The van der Waals surface area contributed by atoms with Crippen LogP contribution in [0.15, 0.2) is 96.3 Å². The number of nitriles is 1. The molecule has 1 fully saturated rings. The van der Waals surface area contributed by atoms with Gasteiger partial charge in [0, 0.05) is 12.1 Å². The van der Waals surface area contributed by atoms with Gasteiger partial charge in [0.15, 0.2) is 23.6 Å². The molecule has 1 N–H and O–H groups in total. The van der Waals surface area contributed by atoms with Crippen molar-refractivity contribution in [3.8, 4) is 17.6 Å². The summed E-state index contributed by atoms with van der Waals surface area (Å²) in [5, 5.41) is 9.31. The third kappa shape index (κ3) is 8.28. The maximum absolute atomic E-state index is 17.3. The second-order valence-corrected chi connectivity index (χ2v) is 14.9. The van der Waals surface area contributed by atoms with Gasteiger partial charge in [-0.3, -0.25) is 9.36 Å². The zero-order valence-electron chi connectivity index (χ0n) is 31.7. The molecule has 1 aliphatic heterocycles. The van der Waals surface area contributed by atoms with Crippen LogP contribution in [-0.2, 0) is 24.1 Å². The molecular formula is C40H46FN6O7P. The van der Waals surface area contributed by atoms with Gasteiger partial charge < -0.3 is 33.0 Å². The first-order valence-electron chi connectivity index (χ1n) is 18.1. The van der Waals surface area contributed by atoms with Gasteiger partial charge in [0.2, 0.25) is 0 Å². The van der Waals surface area contributed by atoms with Gasteiger partial charge in [-0.1, -0.05) is 54.6 Å². The molecule has 0 aliphatic carbocycles. The van der Waals surface area contributed by atoms with Crippen molar-refractivity contribution >= 4 is 19.7 Å². The van der Waals surface area contributed by atoms with Gasteiger partial charge in [0.25, 0.3) is 14.1 Å². The van der Waals surface area contributed by atoms with Crippen molar-refractivity contribution in [2.45, 2.75) is 76.4 Å². The average molecular weight is 773 g/mol. The number of nitrogens with one attached hydrogen (secondary N) is 1. The van der Waals surface area contributed by atoms with E-state index in [0.717, 1.165) is 16.7 Å². The lowest BCUT2D eigenvalue weighted by Gasteiger charge is -2.39. The molecular weight excluding hydrogens is 726 g/mol. The van der Waals surface area contributed by atoms with Crippen LogP contribution in [0.3, 0.4) is 0 Å². The molecule has 55 heavy (non-hydrogen) atoms. The minimum absolute atomic E-state index is 0.0385. The van der Waals surface area contributed by atoms with Gasteiger partial charge in [-0.2, -0.15) is 5.26 Å². The minimum Gasteiger partial charge on any atom is -0.497 e. The normalized spacial score (nSPS) is 19.3. The summed E-state index contributed by atoms with van der Waals surface area (Å²) in [6, 6.07) is 27.0. The van der Waals surface area contributed by atoms with Crippen molar-refractivity contribution in [2.75, 3.05) is 27.4 Å². The quantitative estimate of drug-likeness (QED) is 0.0590. The van der Waals surface area contributed by atoms with Crippen molar-refractivity contribution in [1.29, 1.82) is 5.26 Å². The third-order valence-corrected chi connectivity index (χ3v) is 11.5. The number of H-pyrrole nitrogens is 1. The molecule has 3 heterocycles. The largest absolute Gasteiger partial charge is 0.497 e. The fourth-order valence-electron chi connectivity index (χ4n) is 6.91. The first kappa shape index (κ1) is 39.9. The van der Waals surface area contributed by atoms with Crippen LogP contribution in [0, 0.1) is 11.3 Å². The highest BCUT2D eigenvalue weighted by Crippen LogP contribution is 2.51. The Morgan fingerprint density at radius 1 is 0.945 bits per heavy atom. The van der Waals surface area contributed by atoms with Crippen LogP contribution < -0.4 is 15.0 Å². The Labute approximate surface area is 320 Å². The van der Waals surface area contributed by atoms with Gasteiger partial charge in [-0.05, 0) is 68.7 Å². The summed E-state index contributed by atoms with van der Waals surface area (Å²) in [4.78, 5) is 23.6. The minimum atomic E-state index is -1.89. The Morgan fingerprint density at radius 2 is 1.55 bits per heavy atom. The number of aromatic nitrogens is 4. The number of benzene rings is 3. The summed E-state index contributed by atoms with van der Waals surface area (Å²) in [6.45, 7) is 7.97. The van der Waals surface area contributed by atoms with Crippen LogP contribution in [0.2, 0.25) is 0 Å². The summed E-state index contributed by atoms with van der Waals surface area (Å²) < 4.78 is 58.3. The summed E-state index contributed by atoms with van der Waals surface area (Å²) in [6.07, 6.45) is -2.59. The topological polar surface area (TPSA) is 146 Å². The van der Waals surface area contributed by atoms with E-state index in [0.29, 0.717) is 11.5 Å². The monoisotopic (exact) mass is 772 g/mol. The standard InChI is InChI=1S/C40H46FN6O7P/c1-26(2)47(27(3)4)55(52-22-10-21-42)54-36-33(53-39(34(36)41)46-25-45-35-37(46)43-24-44-38(35)48)23-51-40(28-11-8-7-9-12-28,29-13-17-31(49-5)18-14-29)30-15-19-32(50-6)20-16-30/h7-9,11-20,24-27,33-34,36,39H,10,22-23H2,1-6H3,(H,43,44,48). The molecule has 1 saturated heterocycles. The second-order valence-electron chi connectivity index (χ2n) is 13.5. The molecule has 3 aromatic carbocycles. The maximum Gasteiger partial charge on any atom is 0.278 e. The van der Waals surface area contributed by atoms with Gasteiger partial charge in [0.1, 0.15) is 29.3 Å². The number of hydrogen-bond donors (Lipinski definition) is 1. The Balaban J connectivity index is 1.46. The van der Waals surface area contributed by atoms with E-state index in [1.807, 2.05) is 111 Å². The van der Waals surface area contributed by atoms with E-state index >= 15 is 4.39 Å². The number of aromatic amines is 1. The molecule has 2 aromatic heterocycles. The van der Waals surface area contributed by atoms with Crippen molar-refractivity contribution in [2.24, 2.45) is 0 Å². The molecule has 0 bridgehead atoms. The number of halogens is 1. The van der Waals surface area contributed by atoms with Crippen LogP contribution in [-0.4, -0.2) is 82.1 Å². The Kier molecular flexibility index (Phi) is 12.9. The smallest absolute Gasteiger partial charge is 0.278 e. The maximum atomic E-state index is 17.3. The van der Waals surface area contributed by atoms with Crippen LogP contribution in [0.25, 0.3) is 11.2 Å². The Bertz CT molecular complexity index is 2040. The average Bonchev–Trinajstić information content (AvgIpc) is 3.76. The van der Waals surface area contributed by atoms with Crippen molar-refractivity contribution in [1.82, 2.24) is 24.2 Å². The van der Waals surface area contributed by atoms with E-state index < -0.39 is 44.3 Å². The SMILES string of the molecule is COc1ccc(C(OCC2OC(n3cnc4c(=O)[nH]cnc43)C(F)C2OP(OCCC#N)N(C(C)C)C(C)C)(c2ccccc2)c2ccc(OC)cc2)cc1. The predicted octanol–water partition coefficient (Wildman–Crippen LogP) is 7.04. The fourth-order valence-corrected chi connectivity index (χ4v) is 8.67. The van der Waals surface area contributed by atoms with E-state index in [-0.39, 0.29) is 42.9 Å². The van der Waals surface area contributed by atoms with Gasteiger partial charge in [-0.25, -0.2) is 19.0 Å². The number of methoxy groups -OCH3 is 2. The molecule has 5 aromatic rings. The number of hydrogen-bond acceptors (Lipinski definition) is 11. The highest BCUT2D eigenvalue weighted by Gasteiger charge is 2.51. The molecule has 1 aliphatic rings. The summed E-state index contributed by atoms with van der Waals surface area (Å²) in [5.41, 5.74) is 0.886. The Morgan fingerprint density at radius 3 is 2.11 bits per heavy atom. The first-order valence-corrected chi connectivity index (χ1v) is 19.2. The molecule has 5 unspecified atom stereocenters. The van der Waals surface area contributed by atoms with Crippen molar-refractivity contribution in [3.63, 3.8) is 0 Å². The zero-order chi connectivity index (χ0) is 39.1. The lowest BCUT2D eigenvalue weighted by Crippen LogP contribution is -2.41. The summed E-state index contributed by atoms with van der Waals surface area (Å²) in [5.74, 6) is 1.33. The molecule has 13 nitrogen and oxygen atoms in total. The first-order chi connectivity index (χ1) is 26.6. The molecule has 6 rings (SSSR count). The van der Waals surface area contributed by atoms with E-state index in [1.165, 1.54) is 17.2 Å². The Hall–Kier alpha value is -4.74. The third-order valence-electron chi connectivity index (χ3n) is 9.42. The van der Waals surface area contributed by atoms with E-state index in [9.17, 15) is 10.1 Å². The number of rotatable bonds is 17. The van der Waals surface area contributed by atoms with E-state index in [2.05, 4.69) is 21.0 Å². The molecule has 0 saturated carbocycles. The molecule has 290 valence electrons. The summed E-state index contributed by atoms with van der Waals surface area (Å²) in [7, 11) is 1.32. The van der Waals surface area contributed by atoms with Crippen LogP contribution in [0.5, 0.6) is 11.5 Å². The van der Waals surface area contributed by atoms with E-state index in [1.54, 1.807) is 14.2 Å². The van der Waals surface area contributed by atoms with Gasteiger partial charge >= 0.3 is 0 Å². The molecule has 0 radical (unpaired) electrons. The second kappa shape index (κ2) is 17.8. The van der Waals surface area contributed by atoms with Crippen LogP contribution in [0.4, 0.5) is 4.39 Å². The molecule has 15 heteroatoms. The lowest BCUT2D eigenvalue weighted by atomic mass is 9.80. The number of nitrogens with zero attached hydrogens (tertiary/aromatic N) is 5. The predicted molar refractivity (Wildman–Crippen MR) is 205 cm³/mol. The van der Waals surface area contributed by atoms with Crippen molar-refractivity contribution in [3.05, 3.63) is 119 Å². The number of imidazole rings is 1. The van der Waals surface area contributed by atoms with E-state index in [4.69, 9.17) is 28.0 Å². The highest BCUT2D eigenvalue weighted by molar-refractivity contribution is 7.44. The fraction of sp³-hybridized carbons (Fsp3) is 0.400. The molecule has 0 spiro atoms. The number of fused-ring (bicyclic) bond motifs is 1. The lowest BCUT2D eigenvalue weighted by molar-refractivity contribution is -0.0919.